The van der Waals surface area contributed by atoms with Crippen LogP contribution in [0.15, 0.2) is 42.5 Å². The number of carbonyl (C=O) groups is 1. The first-order valence-corrected chi connectivity index (χ1v) is 8.52. The van der Waals surface area contributed by atoms with Crippen LogP contribution in [0, 0.1) is 12.7 Å². The van der Waals surface area contributed by atoms with Crippen LogP contribution in [0.3, 0.4) is 0 Å². The van der Waals surface area contributed by atoms with Gasteiger partial charge in [0.25, 0.3) is 0 Å². The van der Waals surface area contributed by atoms with Gasteiger partial charge in [-0.2, -0.15) is 0 Å². The Kier molecular flexibility index (Phi) is 3.56. The number of fused-ring (bicyclic) bond motifs is 2. The molecule has 2 aromatic carbocycles. The Balaban J connectivity index is 1.50. The van der Waals surface area contributed by atoms with Gasteiger partial charge in [-0.15, -0.1) is 0 Å². The monoisotopic (exact) mass is 324 g/mol. The highest BCUT2D eigenvalue weighted by atomic mass is 19.1. The van der Waals surface area contributed by atoms with Gasteiger partial charge in [-0.1, -0.05) is 24.3 Å². The fraction of sp³-hybridized carbons (Fsp3) is 0.350. The van der Waals surface area contributed by atoms with Crippen molar-refractivity contribution in [3.8, 4) is 0 Å². The third-order valence-electron chi connectivity index (χ3n) is 5.45. The number of amides is 1. The molecule has 24 heavy (non-hydrogen) atoms. The van der Waals surface area contributed by atoms with E-state index < -0.39 is 5.41 Å². The Labute approximate surface area is 141 Å². The molecular formula is C20H21FN2O. The molecule has 1 aliphatic carbocycles. The Hall–Kier alpha value is -2.36. The molecule has 0 atom stereocenters. The average molecular weight is 324 g/mol. The fourth-order valence-electron chi connectivity index (χ4n) is 4.08. The second-order valence-electron chi connectivity index (χ2n) is 6.98. The number of benzene rings is 2. The van der Waals surface area contributed by atoms with Crippen LogP contribution in [-0.2, 0) is 10.2 Å². The smallest absolute Gasteiger partial charge is 0.235 e. The molecule has 1 fully saturated rings. The minimum absolute atomic E-state index is 0.115. The summed E-state index contributed by atoms with van der Waals surface area (Å²) in [6, 6.07) is 13.4. The lowest BCUT2D eigenvalue weighted by atomic mass is 9.69. The molecule has 2 aliphatic rings. The van der Waals surface area contributed by atoms with Gasteiger partial charge in [-0.25, -0.2) is 4.39 Å². The van der Waals surface area contributed by atoms with E-state index in [9.17, 15) is 9.18 Å². The number of halogens is 1. The van der Waals surface area contributed by atoms with E-state index in [4.69, 9.17) is 0 Å². The summed E-state index contributed by atoms with van der Waals surface area (Å²) in [5.41, 5.74) is 3.13. The van der Waals surface area contributed by atoms with Crippen molar-refractivity contribution in [1.29, 1.82) is 0 Å². The van der Waals surface area contributed by atoms with Crippen molar-refractivity contribution < 1.29 is 9.18 Å². The van der Waals surface area contributed by atoms with Gasteiger partial charge < -0.3 is 10.6 Å². The molecule has 2 aromatic rings. The highest BCUT2D eigenvalue weighted by Gasteiger charge is 2.48. The zero-order valence-corrected chi connectivity index (χ0v) is 13.7. The standard InChI is InChI=1S/C20H21FN2O/c1-13-6-7-18(16(21)12-13)22-14-8-10-20(11-9-14)15-4-2-3-5-17(15)23-19(20)24/h2-7,12,14,22H,8-11H2,1H3,(H,23,24). The minimum Gasteiger partial charge on any atom is -0.380 e. The number of hydrogen-bond donors (Lipinski definition) is 2. The molecule has 0 unspecified atom stereocenters. The number of rotatable bonds is 2. The maximum absolute atomic E-state index is 14.0. The summed E-state index contributed by atoms with van der Waals surface area (Å²) in [7, 11) is 0. The lowest BCUT2D eigenvalue weighted by molar-refractivity contribution is -0.122. The summed E-state index contributed by atoms with van der Waals surface area (Å²) in [6.45, 7) is 1.88. The fourth-order valence-corrected chi connectivity index (χ4v) is 4.08. The summed E-state index contributed by atoms with van der Waals surface area (Å²) in [4.78, 5) is 12.6. The molecule has 1 spiro atoms. The molecular weight excluding hydrogens is 303 g/mol. The van der Waals surface area contributed by atoms with Crippen LogP contribution < -0.4 is 10.6 Å². The van der Waals surface area contributed by atoms with Crippen LogP contribution in [-0.4, -0.2) is 11.9 Å². The molecule has 0 saturated heterocycles. The van der Waals surface area contributed by atoms with Crippen molar-refractivity contribution >= 4 is 17.3 Å². The topological polar surface area (TPSA) is 41.1 Å². The van der Waals surface area contributed by atoms with Crippen LogP contribution >= 0.6 is 0 Å². The lowest BCUT2D eigenvalue weighted by Crippen LogP contribution is -2.41. The lowest BCUT2D eigenvalue weighted by Gasteiger charge is -2.36. The number of anilines is 2. The molecule has 4 heteroatoms. The van der Waals surface area contributed by atoms with Gasteiger partial charge in [-0.3, -0.25) is 4.79 Å². The number of carbonyl (C=O) groups excluding carboxylic acids is 1. The molecule has 3 nitrogen and oxygen atoms in total. The highest BCUT2D eigenvalue weighted by Crippen LogP contribution is 2.47. The van der Waals surface area contributed by atoms with E-state index in [2.05, 4.69) is 16.7 Å². The second kappa shape index (κ2) is 5.62. The second-order valence-corrected chi connectivity index (χ2v) is 6.98. The van der Waals surface area contributed by atoms with E-state index in [1.165, 1.54) is 0 Å². The zero-order chi connectivity index (χ0) is 16.7. The Bertz CT molecular complexity index is 794. The molecule has 124 valence electrons. The first kappa shape index (κ1) is 15.2. The van der Waals surface area contributed by atoms with Crippen molar-refractivity contribution in [3.05, 3.63) is 59.4 Å². The third-order valence-corrected chi connectivity index (χ3v) is 5.45. The number of nitrogens with one attached hydrogen (secondary N) is 2. The predicted molar refractivity (Wildman–Crippen MR) is 93.8 cm³/mol. The van der Waals surface area contributed by atoms with Crippen molar-refractivity contribution in [3.63, 3.8) is 0 Å². The highest BCUT2D eigenvalue weighted by molar-refractivity contribution is 6.06. The molecule has 1 saturated carbocycles. The van der Waals surface area contributed by atoms with Crippen LogP contribution in [0.2, 0.25) is 0 Å². The largest absolute Gasteiger partial charge is 0.380 e. The molecule has 1 heterocycles. The molecule has 2 N–H and O–H groups in total. The summed E-state index contributed by atoms with van der Waals surface area (Å²) >= 11 is 0. The summed E-state index contributed by atoms with van der Waals surface area (Å²) in [6.07, 6.45) is 3.30. The van der Waals surface area contributed by atoms with Gasteiger partial charge in [0, 0.05) is 11.7 Å². The average Bonchev–Trinajstić information content (AvgIpc) is 2.84. The van der Waals surface area contributed by atoms with Gasteiger partial charge >= 0.3 is 0 Å². The van der Waals surface area contributed by atoms with Gasteiger partial charge in [0.2, 0.25) is 5.91 Å². The third kappa shape index (κ3) is 2.37. The molecule has 4 rings (SSSR count). The summed E-state index contributed by atoms with van der Waals surface area (Å²) < 4.78 is 14.0. The number of hydrogen-bond acceptors (Lipinski definition) is 2. The van der Waals surface area contributed by atoms with Crippen LogP contribution in [0.4, 0.5) is 15.8 Å². The first-order chi connectivity index (χ1) is 11.6. The Morgan fingerprint density at radius 2 is 1.92 bits per heavy atom. The van der Waals surface area contributed by atoms with Crippen molar-refractivity contribution in [2.45, 2.75) is 44.1 Å². The Morgan fingerprint density at radius 1 is 1.17 bits per heavy atom. The Morgan fingerprint density at radius 3 is 2.67 bits per heavy atom. The molecule has 1 amide bonds. The summed E-state index contributed by atoms with van der Waals surface area (Å²) in [5, 5.41) is 6.33. The minimum atomic E-state index is -0.402. The van der Waals surface area contributed by atoms with Crippen LogP contribution in [0.1, 0.15) is 36.8 Å². The maximum Gasteiger partial charge on any atom is 0.235 e. The van der Waals surface area contributed by atoms with Gasteiger partial charge in [0.05, 0.1) is 11.1 Å². The normalized spacial score (nSPS) is 25.4. The van der Waals surface area contributed by atoms with Crippen molar-refractivity contribution in [2.24, 2.45) is 0 Å². The number of para-hydroxylation sites is 1. The van der Waals surface area contributed by atoms with Gasteiger partial charge in [0.15, 0.2) is 0 Å². The van der Waals surface area contributed by atoms with E-state index in [1.807, 2.05) is 31.2 Å². The van der Waals surface area contributed by atoms with Crippen molar-refractivity contribution in [1.82, 2.24) is 0 Å². The van der Waals surface area contributed by atoms with E-state index in [0.717, 1.165) is 42.5 Å². The van der Waals surface area contributed by atoms with E-state index >= 15 is 0 Å². The molecule has 0 aromatic heterocycles. The molecule has 0 bridgehead atoms. The predicted octanol–water partition coefficient (Wildman–Crippen LogP) is 4.38. The van der Waals surface area contributed by atoms with E-state index in [0.29, 0.717) is 5.69 Å². The molecule has 0 radical (unpaired) electrons. The van der Waals surface area contributed by atoms with Crippen molar-refractivity contribution in [2.75, 3.05) is 10.6 Å². The molecule has 1 aliphatic heterocycles. The maximum atomic E-state index is 14.0. The first-order valence-electron chi connectivity index (χ1n) is 8.52. The number of aryl methyl sites for hydroxylation is 1. The van der Waals surface area contributed by atoms with E-state index in [1.54, 1.807) is 12.1 Å². The van der Waals surface area contributed by atoms with E-state index in [-0.39, 0.29) is 17.8 Å². The van der Waals surface area contributed by atoms with Crippen LogP contribution in [0.5, 0.6) is 0 Å². The summed E-state index contributed by atoms with van der Waals surface area (Å²) in [5.74, 6) is -0.0945. The van der Waals surface area contributed by atoms with Gasteiger partial charge in [-0.05, 0) is 61.9 Å². The zero-order valence-electron chi connectivity index (χ0n) is 13.7. The van der Waals surface area contributed by atoms with Crippen LogP contribution in [0.25, 0.3) is 0 Å². The SMILES string of the molecule is Cc1ccc(NC2CCC3(CC2)C(=O)Nc2ccccc23)c(F)c1. The van der Waals surface area contributed by atoms with Gasteiger partial charge in [0.1, 0.15) is 5.82 Å². The quantitative estimate of drug-likeness (QED) is 0.861.